The van der Waals surface area contributed by atoms with E-state index >= 15 is 0 Å². The molecule has 0 aliphatic rings. The fourth-order valence-electron chi connectivity index (χ4n) is 0.300. The van der Waals surface area contributed by atoms with Gasteiger partial charge in [0.1, 0.15) is 0 Å². The summed E-state index contributed by atoms with van der Waals surface area (Å²) in [6, 6.07) is 0. The van der Waals surface area contributed by atoms with E-state index in [0.29, 0.717) is 0 Å². The molecule has 9 heavy (non-hydrogen) atoms. The molecule has 4 heteroatoms. The second-order valence-electron chi connectivity index (χ2n) is 2.84. The van der Waals surface area contributed by atoms with Crippen LogP contribution in [0.4, 0.5) is 0 Å². The van der Waals surface area contributed by atoms with E-state index in [0.717, 1.165) is 3.71 Å². The van der Waals surface area contributed by atoms with Crippen molar-refractivity contribution >= 4 is 31.5 Å². The minimum absolute atomic E-state index is 0.103. The summed E-state index contributed by atoms with van der Waals surface area (Å²) >= 11 is 7.47. The van der Waals surface area contributed by atoms with Gasteiger partial charge in [-0.15, -0.1) is 0 Å². The molecule has 0 aliphatic carbocycles. The number of carbonyl (C=O) groups is 1. The van der Waals surface area contributed by atoms with Crippen molar-refractivity contribution in [2.24, 2.45) is 5.41 Å². The van der Waals surface area contributed by atoms with E-state index in [-0.39, 0.29) is 11.3 Å². The third-order valence-corrected chi connectivity index (χ3v) is 1.19. The Kier molecular flexibility index (Phi) is 2.89. The van der Waals surface area contributed by atoms with E-state index < -0.39 is 0 Å². The fraction of sp³-hybridized carbons (Fsp3) is 0.800. The first-order chi connectivity index (χ1) is 3.85. The second-order valence-corrected chi connectivity index (χ2v) is 3.96. The first-order valence-corrected chi connectivity index (χ1v) is 3.38. The molecule has 1 amide bonds. The molecule has 0 unspecified atom stereocenters. The van der Waals surface area contributed by atoms with E-state index in [1.807, 2.05) is 20.8 Å². The number of nitrogens with zero attached hydrogens (tertiary/aromatic N) is 1. The summed E-state index contributed by atoms with van der Waals surface area (Å²) in [5.74, 6) is -0.103. The molecule has 2 nitrogen and oxygen atoms in total. The van der Waals surface area contributed by atoms with Gasteiger partial charge in [-0.2, -0.15) is 0 Å². The zero-order valence-corrected chi connectivity index (χ0v) is 7.54. The second kappa shape index (κ2) is 2.84. The lowest BCUT2D eigenvalue weighted by Gasteiger charge is -2.19. The van der Waals surface area contributed by atoms with Crippen molar-refractivity contribution in [1.82, 2.24) is 3.71 Å². The van der Waals surface area contributed by atoms with Gasteiger partial charge in [0.25, 0.3) is 0 Å². The monoisotopic (exact) mass is 165 g/mol. The maximum atomic E-state index is 10.9. The lowest BCUT2D eigenvalue weighted by atomic mass is 9.96. The van der Waals surface area contributed by atoms with Crippen LogP contribution < -0.4 is 0 Å². The maximum Gasteiger partial charge on any atom is 0.247 e. The molecule has 0 fully saturated rings. The van der Waals surface area contributed by atoms with E-state index in [1.165, 1.54) is 0 Å². The topological polar surface area (TPSA) is 20.3 Å². The van der Waals surface area contributed by atoms with Crippen LogP contribution in [0.2, 0.25) is 0 Å². The Labute approximate surface area is 66.7 Å². The van der Waals surface area contributed by atoms with Crippen molar-refractivity contribution < 1.29 is 4.79 Å². The first-order valence-electron chi connectivity index (χ1n) is 2.58. The van der Waals surface area contributed by atoms with Crippen LogP contribution in [-0.4, -0.2) is 9.62 Å². The van der Waals surface area contributed by atoms with Gasteiger partial charge in [0, 0.05) is 5.41 Å². The Hall–Kier alpha value is 0.170. The molecule has 0 heterocycles. The lowest BCUT2D eigenvalue weighted by molar-refractivity contribution is -0.130. The van der Waals surface area contributed by atoms with Gasteiger partial charge in [0.2, 0.25) is 5.91 Å². The molecule has 0 atom stereocenters. The third-order valence-electron chi connectivity index (χ3n) is 0.823. The minimum Gasteiger partial charge on any atom is -0.272 e. The van der Waals surface area contributed by atoms with Crippen LogP contribution >= 0.6 is 25.6 Å². The predicted octanol–water partition coefficient (Wildman–Crippen LogP) is 1.55. The van der Waals surface area contributed by atoms with E-state index in [2.05, 4.69) is 25.6 Å². The average molecular weight is 165 g/mol. The van der Waals surface area contributed by atoms with E-state index in [4.69, 9.17) is 0 Å². The van der Waals surface area contributed by atoms with Crippen molar-refractivity contribution in [3.63, 3.8) is 0 Å². The molecule has 0 aromatic carbocycles. The van der Waals surface area contributed by atoms with Gasteiger partial charge in [-0.1, -0.05) is 46.4 Å². The number of hydrogen-bond acceptors (Lipinski definition) is 3. The molecule has 54 valence electrons. The Bertz CT molecular complexity index is 117. The molecule has 0 N–H and O–H groups in total. The zero-order chi connectivity index (χ0) is 7.65. The van der Waals surface area contributed by atoms with Crippen LogP contribution in [-0.2, 0) is 4.79 Å². The van der Waals surface area contributed by atoms with Gasteiger partial charge in [-0.05, 0) is 0 Å². The van der Waals surface area contributed by atoms with Gasteiger partial charge in [0.15, 0.2) is 0 Å². The molecule has 0 aliphatic heterocycles. The Morgan fingerprint density at radius 3 is 1.67 bits per heavy atom. The summed E-state index contributed by atoms with van der Waals surface area (Å²) < 4.78 is 1.00. The molecule has 0 spiro atoms. The van der Waals surface area contributed by atoms with Crippen LogP contribution in [0.5, 0.6) is 0 Å². The van der Waals surface area contributed by atoms with Crippen molar-refractivity contribution in [3.05, 3.63) is 0 Å². The highest BCUT2D eigenvalue weighted by atomic mass is 32.2. The highest BCUT2D eigenvalue weighted by Crippen LogP contribution is 2.19. The number of rotatable bonds is 0. The van der Waals surface area contributed by atoms with Crippen molar-refractivity contribution in [2.75, 3.05) is 0 Å². The molecule has 0 rings (SSSR count). The SMILES string of the molecule is CC(C)(C)C(=O)N(S)S. The van der Waals surface area contributed by atoms with Gasteiger partial charge in [-0.25, -0.2) is 3.71 Å². The summed E-state index contributed by atoms with van der Waals surface area (Å²) in [4.78, 5) is 10.9. The molecule has 0 aromatic rings. The highest BCUT2D eigenvalue weighted by molar-refractivity contribution is 7.94. The van der Waals surface area contributed by atoms with Gasteiger partial charge in [0.05, 0.1) is 0 Å². The first kappa shape index (κ1) is 9.17. The standard InChI is InChI=1S/C5H11NOS2/c1-5(2,3)4(7)6(8)9/h8-9H,1-3H3. The summed E-state index contributed by atoms with van der Waals surface area (Å²) in [5, 5.41) is 0. The van der Waals surface area contributed by atoms with Crippen LogP contribution in [0, 0.1) is 5.41 Å². The average Bonchev–Trinajstić information content (AvgIpc) is 1.62. The van der Waals surface area contributed by atoms with Gasteiger partial charge in [-0.3, -0.25) is 4.79 Å². The summed E-state index contributed by atoms with van der Waals surface area (Å²) in [6.07, 6.45) is 0. The Balaban J connectivity index is 4.06. The third kappa shape index (κ3) is 3.01. The number of amides is 1. The Morgan fingerprint density at radius 1 is 1.33 bits per heavy atom. The summed E-state index contributed by atoms with van der Waals surface area (Å²) in [7, 11) is 0. The van der Waals surface area contributed by atoms with Crippen molar-refractivity contribution in [1.29, 1.82) is 0 Å². The Morgan fingerprint density at radius 2 is 1.67 bits per heavy atom. The van der Waals surface area contributed by atoms with Crippen LogP contribution in [0.3, 0.4) is 0 Å². The van der Waals surface area contributed by atoms with Gasteiger partial charge >= 0.3 is 0 Å². The normalized spacial score (nSPS) is 11.2. The maximum absolute atomic E-state index is 10.9. The smallest absolute Gasteiger partial charge is 0.247 e. The van der Waals surface area contributed by atoms with Crippen LogP contribution in [0.1, 0.15) is 20.8 Å². The predicted molar refractivity (Wildman–Crippen MR) is 44.3 cm³/mol. The summed E-state index contributed by atoms with van der Waals surface area (Å²) in [6.45, 7) is 5.44. The van der Waals surface area contributed by atoms with E-state index in [1.54, 1.807) is 0 Å². The minimum atomic E-state index is -0.385. The fourth-order valence-corrected chi connectivity index (χ4v) is 0.900. The molecule has 0 saturated heterocycles. The van der Waals surface area contributed by atoms with Crippen LogP contribution in [0.15, 0.2) is 0 Å². The zero-order valence-electron chi connectivity index (χ0n) is 5.75. The van der Waals surface area contributed by atoms with E-state index in [9.17, 15) is 4.79 Å². The molecular weight excluding hydrogens is 154 g/mol. The molecule has 0 radical (unpaired) electrons. The van der Waals surface area contributed by atoms with Crippen molar-refractivity contribution in [2.45, 2.75) is 20.8 Å². The molecular formula is C5H11NOS2. The number of carbonyl (C=O) groups excluding carboxylic acids is 1. The number of thiol groups is 2. The summed E-state index contributed by atoms with van der Waals surface area (Å²) in [5.41, 5.74) is -0.385. The molecule has 0 bridgehead atoms. The lowest BCUT2D eigenvalue weighted by Crippen LogP contribution is -2.27. The number of hydrogen-bond donors (Lipinski definition) is 2. The molecule has 0 aromatic heterocycles. The van der Waals surface area contributed by atoms with Gasteiger partial charge < -0.3 is 0 Å². The molecule has 0 saturated carbocycles. The van der Waals surface area contributed by atoms with Crippen molar-refractivity contribution in [3.8, 4) is 0 Å². The highest BCUT2D eigenvalue weighted by Gasteiger charge is 2.23. The van der Waals surface area contributed by atoms with Crippen LogP contribution in [0.25, 0.3) is 0 Å². The largest absolute Gasteiger partial charge is 0.272 e. The quantitative estimate of drug-likeness (QED) is 0.522.